The van der Waals surface area contributed by atoms with Crippen LogP contribution in [0.25, 0.3) is 0 Å². The van der Waals surface area contributed by atoms with Crippen molar-refractivity contribution in [1.82, 2.24) is 15.3 Å². The van der Waals surface area contributed by atoms with Gasteiger partial charge in [0.15, 0.2) is 5.16 Å². The van der Waals surface area contributed by atoms with Crippen LogP contribution in [-0.4, -0.2) is 47.0 Å². The Morgan fingerprint density at radius 1 is 1.52 bits per heavy atom. The lowest BCUT2D eigenvalue weighted by atomic mass is 10.2. The number of anilines is 1. The van der Waals surface area contributed by atoms with Crippen molar-refractivity contribution in [3.63, 3.8) is 0 Å². The van der Waals surface area contributed by atoms with Crippen LogP contribution in [-0.2, 0) is 4.74 Å². The predicted molar refractivity (Wildman–Crippen MR) is 83.8 cm³/mol. The largest absolute Gasteiger partial charge is 0.444 e. The monoisotopic (exact) mass is 310 g/mol. The van der Waals surface area contributed by atoms with Crippen LogP contribution in [0.5, 0.6) is 0 Å². The van der Waals surface area contributed by atoms with Gasteiger partial charge >= 0.3 is 6.09 Å². The van der Waals surface area contributed by atoms with Crippen LogP contribution in [0.4, 0.5) is 10.6 Å². The van der Waals surface area contributed by atoms with Crippen LogP contribution in [0, 0.1) is 0 Å². The van der Waals surface area contributed by atoms with E-state index in [1.807, 2.05) is 33.1 Å². The van der Waals surface area contributed by atoms with Gasteiger partial charge in [-0.3, -0.25) is 0 Å². The van der Waals surface area contributed by atoms with Crippen molar-refractivity contribution >= 4 is 23.7 Å². The van der Waals surface area contributed by atoms with E-state index < -0.39 is 5.60 Å². The average Bonchev–Trinajstić information content (AvgIpc) is 2.85. The van der Waals surface area contributed by atoms with Gasteiger partial charge in [0.1, 0.15) is 11.4 Å². The maximum absolute atomic E-state index is 11.8. The zero-order valence-corrected chi connectivity index (χ0v) is 13.7. The molecule has 2 heterocycles. The summed E-state index contributed by atoms with van der Waals surface area (Å²) in [5.74, 6) is 0.905. The Kier molecular flexibility index (Phi) is 4.92. The van der Waals surface area contributed by atoms with Gasteiger partial charge in [0.2, 0.25) is 0 Å². The quantitative estimate of drug-likeness (QED) is 0.682. The first-order valence-corrected chi connectivity index (χ1v) is 8.21. The molecule has 1 aliphatic rings. The van der Waals surface area contributed by atoms with E-state index in [1.165, 1.54) is 11.8 Å². The molecule has 1 fully saturated rings. The standard InChI is InChI=1S/C14H22N4O2S/c1-14(2,3)20-13(19)16-10-6-8-18(9-10)11-5-7-15-12(17-11)21-4/h5,7,10H,6,8-9H2,1-4H3,(H,16,19)/t10-/m0/s1. The van der Waals surface area contributed by atoms with Gasteiger partial charge in [-0.2, -0.15) is 0 Å². The zero-order valence-electron chi connectivity index (χ0n) is 12.9. The summed E-state index contributed by atoms with van der Waals surface area (Å²) >= 11 is 1.52. The molecular formula is C14H22N4O2S. The van der Waals surface area contributed by atoms with Gasteiger partial charge in [0.05, 0.1) is 6.04 Å². The highest BCUT2D eigenvalue weighted by molar-refractivity contribution is 7.98. The molecule has 1 aromatic heterocycles. The van der Waals surface area contributed by atoms with E-state index in [0.717, 1.165) is 30.5 Å². The third kappa shape index (κ3) is 4.77. The van der Waals surface area contributed by atoms with E-state index >= 15 is 0 Å². The number of thioether (sulfide) groups is 1. The van der Waals surface area contributed by atoms with Crippen molar-refractivity contribution in [2.24, 2.45) is 0 Å². The van der Waals surface area contributed by atoms with Gasteiger partial charge in [0.25, 0.3) is 0 Å². The number of carbonyl (C=O) groups is 1. The van der Waals surface area contributed by atoms with E-state index in [1.54, 1.807) is 6.20 Å². The molecule has 21 heavy (non-hydrogen) atoms. The number of rotatable bonds is 3. The molecule has 0 aromatic carbocycles. The second kappa shape index (κ2) is 6.51. The number of amides is 1. The number of nitrogens with one attached hydrogen (secondary N) is 1. The summed E-state index contributed by atoms with van der Waals surface area (Å²) in [4.78, 5) is 22.6. The van der Waals surface area contributed by atoms with Crippen LogP contribution >= 0.6 is 11.8 Å². The van der Waals surface area contributed by atoms with Crippen molar-refractivity contribution in [3.05, 3.63) is 12.3 Å². The Hall–Kier alpha value is -1.50. The lowest BCUT2D eigenvalue weighted by Gasteiger charge is -2.22. The van der Waals surface area contributed by atoms with Gasteiger partial charge in [-0.15, -0.1) is 0 Å². The number of aromatic nitrogens is 2. The first-order valence-electron chi connectivity index (χ1n) is 6.99. The molecule has 0 aliphatic carbocycles. The zero-order chi connectivity index (χ0) is 15.5. The summed E-state index contributed by atoms with van der Waals surface area (Å²) in [6.07, 6.45) is 4.25. The SMILES string of the molecule is CSc1nccc(N2CC[C@H](NC(=O)OC(C)(C)C)C2)n1. The van der Waals surface area contributed by atoms with Crippen LogP contribution < -0.4 is 10.2 Å². The lowest BCUT2D eigenvalue weighted by molar-refractivity contribution is 0.0509. The normalized spacial score (nSPS) is 18.7. The molecule has 0 saturated carbocycles. The first-order chi connectivity index (χ1) is 9.87. The van der Waals surface area contributed by atoms with E-state index in [9.17, 15) is 4.79 Å². The summed E-state index contributed by atoms with van der Waals surface area (Å²) < 4.78 is 5.28. The lowest BCUT2D eigenvalue weighted by Crippen LogP contribution is -2.40. The van der Waals surface area contributed by atoms with Gasteiger partial charge in [-0.25, -0.2) is 14.8 Å². The molecule has 1 saturated heterocycles. The van der Waals surface area contributed by atoms with Crippen molar-refractivity contribution in [1.29, 1.82) is 0 Å². The molecule has 2 rings (SSSR count). The fourth-order valence-electron chi connectivity index (χ4n) is 2.17. The molecule has 1 aromatic rings. The first kappa shape index (κ1) is 15.9. The minimum absolute atomic E-state index is 0.0903. The topological polar surface area (TPSA) is 67.4 Å². The fraction of sp³-hybridized carbons (Fsp3) is 0.643. The maximum atomic E-state index is 11.8. The van der Waals surface area contributed by atoms with Crippen LogP contribution in [0.1, 0.15) is 27.2 Å². The van der Waals surface area contributed by atoms with Crippen LogP contribution in [0.2, 0.25) is 0 Å². The molecular weight excluding hydrogens is 288 g/mol. The third-order valence-electron chi connectivity index (χ3n) is 3.03. The minimum atomic E-state index is -0.470. The molecule has 7 heteroatoms. The third-order valence-corrected chi connectivity index (χ3v) is 3.60. The van der Waals surface area contributed by atoms with Crippen molar-refractivity contribution in [2.45, 2.75) is 44.0 Å². The number of ether oxygens (including phenoxy) is 1. The Balaban J connectivity index is 1.90. The number of hydrogen-bond acceptors (Lipinski definition) is 6. The van der Waals surface area contributed by atoms with E-state index in [0.29, 0.717) is 0 Å². The van der Waals surface area contributed by atoms with Gasteiger partial charge in [-0.05, 0) is 39.5 Å². The van der Waals surface area contributed by atoms with Crippen LogP contribution in [0.15, 0.2) is 17.4 Å². The van der Waals surface area contributed by atoms with Crippen molar-refractivity contribution in [2.75, 3.05) is 24.2 Å². The van der Waals surface area contributed by atoms with Crippen molar-refractivity contribution in [3.8, 4) is 0 Å². The van der Waals surface area contributed by atoms with Gasteiger partial charge < -0.3 is 15.0 Å². The molecule has 1 aliphatic heterocycles. The van der Waals surface area contributed by atoms with E-state index in [4.69, 9.17) is 4.74 Å². The smallest absolute Gasteiger partial charge is 0.407 e. The average molecular weight is 310 g/mol. The highest BCUT2D eigenvalue weighted by Crippen LogP contribution is 2.20. The van der Waals surface area contributed by atoms with E-state index in [-0.39, 0.29) is 12.1 Å². The van der Waals surface area contributed by atoms with Crippen LogP contribution in [0.3, 0.4) is 0 Å². The molecule has 0 unspecified atom stereocenters. The second-order valence-electron chi connectivity index (χ2n) is 5.98. The minimum Gasteiger partial charge on any atom is -0.444 e. The summed E-state index contributed by atoms with van der Waals surface area (Å²) in [6.45, 7) is 7.18. The molecule has 116 valence electrons. The molecule has 6 nitrogen and oxygen atoms in total. The highest BCUT2D eigenvalue weighted by atomic mass is 32.2. The van der Waals surface area contributed by atoms with Gasteiger partial charge in [0, 0.05) is 19.3 Å². The van der Waals surface area contributed by atoms with E-state index in [2.05, 4.69) is 20.2 Å². The van der Waals surface area contributed by atoms with Gasteiger partial charge in [-0.1, -0.05) is 11.8 Å². The fourth-order valence-corrected chi connectivity index (χ4v) is 2.52. The number of nitrogens with zero attached hydrogens (tertiary/aromatic N) is 3. The predicted octanol–water partition coefficient (Wildman–Crippen LogP) is 2.30. The number of carbonyl (C=O) groups excluding carboxylic acids is 1. The Labute approximate surface area is 129 Å². The summed E-state index contributed by atoms with van der Waals surface area (Å²) in [7, 11) is 0. The molecule has 0 spiro atoms. The summed E-state index contributed by atoms with van der Waals surface area (Å²) in [6, 6.07) is 1.99. The second-order valence-corrected chi connectivity index (χ2v) is 6.75. The Morgan fingerprint density at radius 3 is 2.95 bits per heavy atom. The number of hydrogen-bond donors (Lipinski definition) is 1. The Morgan fingerprint density at radius 2 is 2.29 bits per heavy atom. The molecule has 0 bridgehead atoms. The molecule has 1 amide bonds. The van der Waals surface area contributed by atoms with Crippen molar-refractivity contribution < 1.29 is 9.53 Å². The highest BCUT2D eigenvalue weighted by Gasteiger charge is 2.26. The summed E-state index contributed by atoms with van der Waals surface area (Å²) in [5.41, 5.74) is -0.470. The molecule has 1 N–H and O–H groups in total. The molecule has 1 atom stereocenters. The maximum Gasteiger partial charge on any atom is 0.407 e. The Bertz CT molecular complexity index is 504. The number of alkyl carbamates (subject to hydrolysis) is 1. The molecule has 0 radical (unpaired) electrons. The summed E-state index contributed by atoms with van der Waals surface area (Å²) in [5, 5.41) is 3.67.